The number of hydrogen-bond acceptors (Lipinski definition) is 10. The number of piperidine rings is 1. The van der Waals surface area contributed by atoms with Gasteiger partial charge in [0.15, 0.2) is 0 Å². The van der Waals surface area contributed by atoms with Crippen LogP contribution in [0.3, 0.4) is 0 Å². The molecular formula is C50H60FN7O6S. The molecule has 0 radical (unpaired) electrons. The molecule has 0 unspecified atom stereocenters. The van der Waals surface area contributed by atoms with Crippen LogP contribution in [0.15, 0.2) is 84.0 Å². The fourth-order valence-corrected chi connectivity index (χ4v) is 12.0. The van der Waals surface area contributed by atoms with Crippen LogP contribution >= 0.6 is 0 Å². The number of aromatic nitrogens is 2. The van der Waals surface area contributed by atoms with Crippen molar-refractivity contribution in [2.45, 2.75) is 108 Å². The summed E-state index contributed by atoms with van der Waals surface area (Å²) in [5.41, 5.74) is 4.34. The summed E-state index contributed by atoms with van der Waals surface area (Å²) >= 11 is 0. The number of halogens is 1. The molecule has 2 aliphatic heterocycles. The van der Waals surface area contributed by atoms with Crippen molar-refractivity contribution in [3.05, 3.63) is 112 Å². The molecule has 15 heteroatoms. The predicted molar refractivity (Wildman–Crippen MR) is 251 cm³/mol. The zero-order chi connectivity index (χ0) is 45.7. The van der Waals surface area contributed by atoms with E-state index in [-0.39, 0.29) is 39.0 Å². The Bertz CT molecular complexity index is 2690. The molecule has 1 spiro atoms. The van der Waals surface area contributed by atoms with E-state index in [9.17, 15) is 27.7 Å². The topological polar surface area (TPSA) is 163 Å². The van der Waals surface area contributed by atoms with Gasteiger partial charge in [-0.2, -0.15) is 0 Å². The second kappa shape index (κ2) is 17.7. The second-order valence-corrected chi connectivity index (χ2v) is 21.8. The maximum atomic E-state index is 14.6. The molecule has 2 aromatic heterocycles. The van der Waals surface area contributed by atoms with Gasteiger partial charge in [-0.1, -0.05) is 58.4 Å². The standard InChI is InChI=1S/C50H60FN7O6S/c1-32(2)37-8-5-6-9-38(37)39-10-7-11-44(39)57-30-50(31-57)20-22-56(23-21-50)34-12-14-40(46(24-34)64-35-25-41-42(51)29-54-47(41)53-28-35)48(59)55-65(62,63)36-13-15-43(45(26-36)58(60)61)52-27-33-16-18-49(3,4)19-17-33/h5-6,8-9,12-15,24-26,28-29,32-33,39,44,52H,7,10-11,16-23,27,30-31H2,1-4H3,(H,53,54)(H,55,59)/t39-,44-/m0/s1. The van der Waals surface area contributed by atoms with E-state index in [2.05, 4.69) is 81.8 Å². The number of nitro benzene ring substituents is 1. The number of nitro groups is 1. The Kier molecular flexibility index (Phi) is 12.2. The minimum absolute atomic E-state index is 0.0491. The van der Waals surface area contributed by atoms with Gasteiger partial charge >= 0.3 is 0 Å². The molecular weight excluding hydrogens is 846 g/mol. The molecule has 3 aromatic carbocycles. The highest BCUT2D eigenvalue weighted by molar-refractivity contribution is 7.90. The Morgan fingerprint density at radius 1 is 1.00 bits per heavy atom. The minimum atomic E-state index is -4.59. The van der Waals surface area contributed by atoms with Crippen LogP contribution < -0.4 is 19.7 Å². The number of H-pyrrole nitrogens is 1. The van der Waals surface area contributed by atoms with Crippen LogP contribution in [0.2, 0.25) is 0 Å². The Hall–Kier alpha value is -5.54. The van der Waals surface area contributed by atoms with Crippen molar-refractivity contribution in [3.8, 4) is 11.5 Å². The van der Waals surface area contributed by atoms with Crippen LogP contribution in [0.5, 0.6) is 11.5 Å². The van der Waals surface area contributed by atoms with Crippen LogP contribution in [-0.2, 0) is 10.0 Å². The molecule has 2 aliphatic carbocycles. The summed E-state index contributed by atoms with van der Waals surface area (Å²) in [5, 5.41) is 15.6. The number of carbonyl (C=O) groups excluding carboxylic acids is 1. The van der Waals surface area contributed by atoms with E-state index in [1.165, 1.54) is 67.0 Å². The van der Waals surface area contributed by atoms with Crippen molar-refractivity contribution < 1.29 is 27.3 Å². The van der Waals surface area contributed by atoms with Gasteiger partial charge in [0.1, 0.15) is 28.7 Å². The van der Waals surface area contributed by atoms with Gasteiger partial charge in [0.25, 0.3) is 21.6 Å². The lowest BCUT2D eigenvalue weighted by Crippen LogP contribution is -2.63. The number of nitrogens with zero attached hydrogens (tertiary/aromatic N) is 4. The van der Waals surface area contributed by atoms with Crippen molar-refractivity contribution in [1.82, 2.24) is 19.6 Å². The summed E-state index contributed by atoms with van der Waals surface area (Å²) in [5.74, 6) is 0.0796. The number of aromatic amines is 1. The maximum absolute atomic E-state index is 14.6. The number of hydrogen-bond donors (Lipinski definition) is 3. The average Bonchev–Trinajstić information content (AvgIpc) is 3.91. The fraction of sp³-hybridized carbons (Fsp3) is 0.480. The van der Waals surface area contributed by atoms with Crippen LogP contribution in [-0.4, -0.2) is 72.9 Å². The van der Waals surface area contributed by atoms with E-state index in [1.54, 1.807) is 12.1 Å². The molecule has 9 rings (SSSR count). The third kappa shape index (κ3) is 9.31. The van der Waals surface area contributed by atoms with E-state index in [4.69, 9.17) is 4.74 Å². The normalized spacial score (nSPS) is 21.1. The highest BCUT2D eigenvalue weighted by Gasteiger charge is 2.49. The number of benzene rings is 3. The van der Waals surface area contributed by atoms with Gasteiger partial charge in [-0.15, -0.1) is 0 Å². The van der Waals surface area contributed by atoms with Crippen LogP contribution in [0.25, 0.3) is 11.0 Å². The van der Waals surface area contributed by atoms with Gasteiger partial charge in [0.2, 0.25) is 0 Å². The number of nitrogens with one attached hydrogen (secondary N) is 3. The van der Waals surface area contributed by atoms with E-state index in [1.807, 2.05) is 0 Å². The molecule has 13 nitrogen and oxygen atoms in total. The first-order valence-corrected chi connectivity index (χ1v) is 24.7. The van der Waals surface area contributed by atoms with Crippen molar-refractivity contribution in [2.24, 2.45) is 16.7 Å². The van der Waals surface area contributed by atoms with Crippen molar-refractivity contribution in [3.63, 3.8) is 0 Å². The first kappa shape index (κ1) is 44.7. The van der Waals surface area contributed by atoms with Crippen LogP contribution in [0, 0.1) is 32.7 Å². The highest BCUT2D eigenvalue weighted by atomic mass is 32.2. The second-order valence-electron chi connectivity index (χ2n) is 20.1. The lowest BCUT2D eigenvalue weighted by atomic mass is 9.70. The molecule has 65 heavy (non-hydrogen) atoms. The molecule has 3 N–H and O–H groups in total. The summed E-state index contributed by atoms with van der Waals surface area (Å²) in [6.07, 6.45) is 12.5. The number of amides is 1. The molecule has 1 amide bonds. The monoisotopic (exact) mass is 905 g/mol. The van der Waals surface area contributed by atoms with Gasteiger partial charge in [0, 0.05) is 62.8 Å². The first-order valence-electron chi connectivity index (χ1n) is 23.2. The van der Waals surface area contributed by atoms with Gasteiger partial charge in [-0.25, -0.2) is 22.5 Å². The molecule has 4 aliphatic rings. The van der Waals surface area contributed by atoms with E-state index in [0.29, 0.717) is 36.0 Å². The smallest absolute Gasteiger partial charge is 0.293 e. The Labute approximate surface area is 380 Å². The Balaban J connectivity index is 0.905. The lowest BCUT2D eigenvalue weighted by molar-refractivity contribution is -0.384. The summed E-state index contributed by atoms with van der Waals surface area (Å²) in [7, 11) is -4.59. The number of pyridine rings is 1. The number of fused-ring (bicyclic) bond motifs is 1. The van der Waals surface area contributed by atoms with Gasteiger partial charge in [0.05, 0.1) is 27.0 Å². The SMILES string of the molecule is CC(C)c1ccccc1[C@@H]1CCC[C@@H]1N1CC2(CCN(c3ccc(C(=O)NS(=O)(=O)c4ccc(NCC5CCC(C)(C)CC5)c([N+](=O)[O-])c4)c(Oc4cnc5[nH]cc(F)c5c4)c3)CC2)C1. The fourth-order valence-electron chi connectivity index (χ4n) is 11.0. The first-order chi connectivity index (χ1) is 31.1. The van der Waals surface area contributed by atoms with Gasteiger partial charge < -0.3 is 19.9 Å². The Morgan fingerprint density at radius 3 is 2.49 bits per heavy atom. The highest BCUT2D eigenvalue weighted by Crippen LogP contribution is 2.49. The van der Waals surface area contributed by atoms with E-state index in [0.717, 1.165) is 76.5 Å². The Morgan fingerprint density at radius 2 is 1.75 bits per heavy atom. The summed E-state index contributed by atoms with van der Waals surface area (Å²) in [6, 6.07) is 19.6. The van der Waals surface area contributed by atoms with Crippen LogP contribution in [0.4, 0.5) is 21.5 Å². The lowest BCUT2D eigenvalue weighted by Gasteiger charge is -2.57. The molecule has 2 saturated carbocycles. The zero-order valence-electron chi connectivity index (χ0n) is 37.7. The van der Waals surface area contributed by atoms with Crippen molar-refractivity contribution >= 4 is 44.0 Å². The molecule has 4 heterocycles. The molecule has 0 bridgehead atoms. The summed E-state index contributed by atoms with van der Waals surface area (Å²) in [4.78, 5) is 37.1. The average molecular weight is 906 g/mol. The van der Waals surface area contributed by atoms with Gasteiger partial charge in [-0.3, -0.25) is 19.8 Å². The number of anilines is 2. The van der Waals surface area contributed by atoms with Crippen molar-refractivity contribution in [1.29, 1.82) is 0 Å². The third-order valence-corrected chi connectivity index (χ3v) is 16.2. The molecule has 5 aromatic rings. The zero-order valence-corrected chi connectivity index (χ0v) is 38.6. The molecule has 4 fully saturated rings. The van der Waals surface area contributed by atoms with Crippen LogP contribution in [0.1, 0.15) is 119 Å². The molecule has 2 atom stereocenters. The summed E-state index contributed by atoms with van der Waals surface area (Å²) in [6.45, 7) is 13.3. The summed E-state index contributed by atoms with van der Waals surface area (Å²) < 4.78 is 50.5. The number of ether oxygens (including phenoxy) is 1. The number of carbonyl (C=O) groups is 1. The third-order valence-electron chi connectivity index (χ3n) is 14.9. The number of rotatable bonds is 13. The molecule has 2 saturated heterocycles. The van der Waals surface area contributed by atoms with Crippen molar-refractivity contribution in [2.75, 3.05) is 42.9 Å². The van der Waals surface area contributed by atoms with Gasteiger partial charge in [-0.05, 0) is 121 Å². The quantitative estimate of drug-likeness (QED) is 0.0766. The number of sulfonamides is 1. The van der Waals surface area contributed by atoms with E-state index < -0.39 is 37.3 Å². The largest absolute Gasteiger partial charge is 0.455 e. The molecule has 344 valence electrons. The van der Waals surface area contributed by atoms with E-state index >= 15 is 0 Å². The minimum Gasteiger partial charge on any atom is -0.455 e. The predicted octanol–water partition coefficient (Wildman–Crippen LogP) is 10.5. The number of likely N-dealkylation sites (tertiary alicyclic amines) is 1. The maximum Gasteiger partial charge on any atom is 0.293 e.